The lowest BCUT2D eigenvalue weighted by atomic mass is 9.86. The molecule has 0 amide bonds. The van der Waals surface area contributed by atoms with E-state index < -0.39 is 10.1 Å². The number of hydrogen-bond acceptors (Lipinski definition) is 4. The summed E-state index contributed by atoms with van der Waals surface area (Å²) in [6.45, 7) is 11.6. The van der Waals surface area contributed by atoms with E-state index in [-0.39, 0.29) is 10.3 Å². The Labute approximate surface area is 201 Å². The van der Waals surface area contributed by atoms with E-state index >= 15 is 0 Å². The Morgan fingerprint density at radius 1 is 0.912 bits per heavy atom. The number of hydrogen-bond donors (Lipinski definition) is 1. The van der Waals surface area contributed by atoms with Crippen LogP contribution in [-0.2, 0) is 22.1 Å². The molecule has 178 valence electrons. The van der Waals surface area contributed by atoms with Crippen LogP contribution in [0.4, 0.5) is 0 Å². The minimum Gasteiger partial charge on any atom is -0.436 e. The van der Waals surface area contributed by atoms with Crippen molar-refractivity contribution in [2.45, 2.75) is 51.5 Å². The highest BCUT2D eigenvalue weighted by molar-refractivity contribution is 7.85. The molecule has 0 aliphatic heterocycles. The molecule has 7 heteroatoms. The van der Waals surface area contributed by atoms with Gasteiger partial charge in [0.25, 0.3) is 10.1 Å². The van der Waals surface area contributed by atoms with Gasteiger partial charge < -0.3 is 4.42 Å². The van der Waals surface area contributed by atoms with Crippen LogP contribution in [0.15, 0.2) is 88.6 Å². The maximum atomic E-state index is 10.5. The molecule has 2 aromatic heterocycles. The van der Waals surface area contributed by atoms with E-state index in [1.807, 2.05) is 31.5 Å². The molecule has 0 radical (unpaired) electrons. The van der Waals surface area contributed by atoms with E-state index in [4.69, 9.17) is 8.97 Å². The molecule has 4 rings (SSSR count). The molecule has 2 heterocycles. The predicted octanol–water partition coefficient (Wildman–Crippen LogP) is 5.86. The van der Waals surface area contributed by atoms with Gasteiger partial charge in [-0.2, -0.15) is 8.42 Å². The summed E-state index contributed by atoms with van der Waals surface area (Å²) < 4.78 is 37.6. The molecule has 0 spiro atoms. The van der Waals surface area contributed by atoms with Gasteiger partial charge in [-0.1, -0.05) is 62.7 Å². The number of rotatable bonds is 4. The highest BCUT2D eigenvalue weighted by Crippen LogP contribution is 2.28. The smallest absolute Gasteiger partial charge is 0.294 e. The summed E-state index contributed by atoms with van der Waals surface area (Å²) in [6.07, 6.45) is 5.87. The van der Waals surface area contributed by atoms with Crippen LogP contribution < -0.4 is 4.57 Å². The fourth-order valence-electron chi connectivity index (χ4n) is 3.20. The second kappa shape index (κ2) is 10.3. The molecule has 0 aliphatic carbocycles. The van der Waals surface area contributed by atoms with Crippen molar-refractivity contribution in [1.82, 2.24) is 4.98 Å². The minimum absolute atomic E-state index is 0.0666. The molecule has 34 heavy (non-hydrogen) atoms. The molecule has 2 aromatic carbocycles. The molecule has 4 aromatic rings. The molecule has 0 saturated carbocycles. The third-order valence-electron chi connectivity index (χ3n) is 5.36. The van der Waals surface area contributed by atoms with Crippen LogP contribution in [0.2, 0.25) is 0 Å². The first-order valence-electron chi connectivity index (χ1n) is 11.1. The maximum absolute atomic E-state index is 10.5. The lowest BCUT2D eigenvalue weighted by Crippen LogP contribution is -2.30. The molecule has 6 nitrogen and oxygen atoms in total. The predicted molar refractivity (Wildman–Crippen MR) is 133 cm³/mol. The SMILES string of the molecule is CC[n+]1ccc(-c2ncc(-c3ccc(C(C)(C)C)cc3)o2)cc1.Cc1ccc(S(=O)(=O)O)cc1. The van der Waals surface area contributed by atoms with Crippen molar-refractivity contribution in [2.75, 3.05) is 0 Å². The third kappa shape index (κ3) is 6.62. The van der Waals surface area contributed by atoms with E-state index in [1.54, 1.807) is 18.3 Å². The standard InChI is InChI=1S/C20H23N2O.C7H8O3S/c1-5-22-12-10-16(11-13-22)19-21-14-18(23-19)15-6-8-17(9-7-15)20(2,3)4;1-6-2-4-7(5-3-6)11(8,9)10/h6-14H,5H2,1-4H3;2-5H,1H3,(H,8,9,10)/q+1;. The monoisotopic (exact) mass is 479 g/mol. The molecular weight excluding hydrogens is 448 g/mol. The molecule has 0 aliphatic rings. The first-order valence-corrected chi connectivity index (χ1v) is 12.5. The van der Waals surface area contributed by atoms with Gasteiger partial charge in [-0.15, -0.1) is 0 Å². The fraction of sp³-hybridized carbons (Fsp3) is 0.259. The first-order chi connectivity index (χ1) is 16.0. The van der Waals surface area contributed by atoms with Crippen molar-refractivity contribution < 1.29 is 22.0 Å². The summed E-state index contributed by atoms with van der Waals surface area (Å²) in [5.74, 6) is 1.45. The number of benzene rings is 2. The summed E-state index contributed by atoms with van der Waals surface area (Å²) >= 11 is 0. The molecule has 0 bridgehead atoms. The van der Waals surface area contributed by atoms with E-state index in [0.29, 0.717) is 5.89 Å². The van der Waals surface area contributed by atoms with E-state index in [1.165, 1.54) is 17.7 Å². The summed E-state index contributed by atoms with van der Waals surface area (Å²) in [7, 11) is -4.02. The summed E-state index contributed by atoms with van der Waals surface area (Å²) in [5, 5.41) is 0. The van der Waals surface area contributed by atoms with Crippen molar-refractivity contribution in [1.29, 1.82) is 0 Å². The van der Waals surface area contributed by atoms with Gasteiger partial charge in [0, 0.05) is 23.3 Å². The van der Waals surface area contributed by atoms with Crippen LogP contribution in [-0.4, -0.2) is 18.0 Å². The zero-order valence-corrected chi connectivity index (χ0v) is 21.0. The van der Waals surface area contributed by atoms with Crippen molar-refractivity contribution in [2.24, 2.45) is 0 Å². The third-order valence-corrected chi connectivity index (χ3v) is 6.23. The highest BCUT2D eigenvalue weighted by Gasteiger charge is 2.14. The second-order valence-electron chi connectivity index (χ2n) is 9.06. The summed E-state index contributed by atoms with van der Waals surface area (Å²) in [4.78, 5) is 4.35. The van der Waals surface area contributed by atoms with Gasteiger partial charge >= 0.3 is 0 Å². The van der Waals surface area contributed by atoms with Crippen LogP contribution in [0.3, 0.4) is 0 Å². The van der Waals surface area contributed by atoms with Gasteiger partial charge in [-0.25, -0.2) is 9.55 Å². The Kier molecular flexibility index (Phi) is 7.69. The molecule has 0 unspecified atom stereocenters. The average molecular weight is 480 g/mol. The Balaban J connectivity index is 0.000000248. The van der Waals surface area contributed by atoms with Crippen molar-refractivity contribution in [3.8, 4) is 22.8 Å². The molecule has 1 N–H and O–H groups in total. The number of oxazole rings is 1. The lowest BCUT2D eigenvalue weighted by Gasteiger charge is -2.18. The first kappa shape index (κ1) is 25.3. The van der Waals surface area contributed by atoms with E-state index in [2.05, 4.69) is 61.5 Å². The fourth-order valence-corrected chi connectivity index (χ4v) is 3.68. The zero-order valence-electron chi connectivity index (χ0n) is 20.2. The van der Waals surface area contributed by atoms with E-state index in [0.717, 1.165) is 29.0 Å². The van der Waals surface area contributed by atoms with Gasteiger partial charge in [0.1, 0.15) is 6.54 Å². The Morgan fingerprint density at radius 3 is 2.00 bits per heavy atom. The quantitative estimate of drug-likeness (QED) is 0.293. The van der Waals surface area contributed by atoms with Crippen LogP contribution in [0.25, 0.3) is 22.8 Å². The maximum Gasteiger partial charge on any atom is 0.294 e. The summed E-state index contributed by atoms with van der Waals surface area (Å²) in [5.41, 5.74) is 4.47. The average Bonchev–Trinajstić information content (AvgIpc) is 3.29. The highest BCUT2D eigenvalue weighted by atomic mass is 32.2. The lowest BCUT2D eigenvalue weighted by molar-refractivity contribution is -0.693. The largest absolute Gasteiger partial charge is 0.436 e. The number of nitrogens with zero attached hydrogens (tertiary/aromatic N) is 2. The second-order valence-corrected chi connectivity index (χ2v) is 10.5. The molecule has 0 fully saturated rings. The van der Waals surface area contributed by atoms with Gasteiger partial charge in [-0.05, 0) is 37.0 Å². The molecule has 0 atom stereocenters. The Bertz CT molecular complexity index is 1320. The van der Waals surface area contributed by atoms with Crippen molar-refractivity contribution in [3.63, 3.8) is 0 Å². The Hall–Kier alpha value is -3.29. The topological polar surface area (TPSA) is 84.3 Å². The minimum atomic E-state index is -4.02. The van der Waals surface area contributed by atoms with Gasteiger partial charge in [-0.3, -0.25) is 4.55 Å². The zero-order chi connectivity index (χ0) is 24.9. The van der Waals surface area contributed by atoms with Crippen LogP contribution in [0.1, 0.15) is 38.8 Å². The number of aromatic nitrogens is 2. The van der Waals surface area contributed by atoms with Crippen LogP contribution in [0, 0.1) is 6.92 Å². The van der Waals surface area contributed by atoms with Gasteiger partial charge in [0.05, 0.1) is 11.1 Å². The normalized spacial score (nSPS) is 11.6. The Morgan fingerprint density at radius 2 is 1.50 bits per heavy atom. The van der Waals surface area contributed by atoms with Crippen LogP contribution >= 0.6 is 0 Å². The molecule has 0 saturated heterocycles. The number of pyridine rings is 1. The van der Waals surface area contributed by atoms with E-state index in [9.17, 15) is 8.42 Å². The molecular formula is C27H31N2O4S+. The van der Waals surface area contributed by atoms with Crippen molar-refractivity contribution in [3.05, 3.63) is 90.4 Å². The van der Waals surface area contributed by atoms with Crippen molar-refractivity contribution >= 4 is 10.1 Å². The number of aryl methyl sites for hydroxylation is 2. The summed E-state index contributed by atoms with van der Waals surface area (Å²) in [6, 6.07) is 18.6. The van der Waals surface area contributed by atoms with Gasteiger partial charge in [0.15, 0.2) is 18.2 Å². The van der Waals surface area contributed by atoms with Gasteiger partial charge in [0.2, 0.25) is 5.89 Å². The van der Waals surface area contributed by atoms with Crippen LogP contribution in [0.5, 0.6) is 0 Å².